The Hall–Kier alpha value is -1.13. The van der Waals surface area contributed by atoms with Crippen LogP contribution >= 0.6 is 0 Å². The Bertz CT molecular complexity index is 266. The van der Waals surface area contributed by atoms with Gasteiger partial charge < -0.3 is 0 Å². The molecule has 72 valence electrons. The second-order valence-corrected chi connectivity index (χ2v) is 2.64. The van der Waals surface area contributed by atoms with Gasteiger partial charge in [0.2, 0.25) is 0 Å². The molecule has 0 saturated carbocycles. The van der Waals surface area contributed by atoms with Gasteiger partial charge in [-0.1, -0.05) is 13.3 Å². The average Bonchev–Trinajstić information content (AvgIpc) is 2.04. The molecule has 0 N–H and O–H groups in total. The zero-order valence-corrected chi connectivity index (χ0v) is 7.10. The molecular weight excluding hydrogens is 181 g/mol. The molecule has 0 spiro atoms. The monoisotopic (exact) mass is 190 g/mol. The Morgan fingerprint density at radius 1 is 1.23 bits per heavy atom. The van der Waals surface area contributed by atoms with Gasteiger partial charge in [-0.05, 0) is 6.42 Å². The van der Waals surface area contributed by atoms with Gasteiger partial charge in [0.25, 0.3) is 0 Å². The molecule has 0 atom stereocenters. The molecular formula is C8H9F3N2. The van der Waals surface area contributed by atoms with Crippen molar-refractivity contribution in [2.45, 2.75) is 25.9 Å². The van der Waals surface area contributed by atoms with E-state index >= 15 is 0 Å². The smallest absolute Gasteiger partial charge is 0.257 e. The summed E-state index contributed by atoms with van der Waals surface area (Å²) in [5.74, 6) is 0. The van der Waals surface area contributed by atoms with E-state index in [9.17, 15) is 13.2 Å². The van der Waals surface area contributed by atoms with Gasteiger partial charge in [0.15, 0.2) is 5.69 Å². The van der Waals surface area contributed by atoms with Crippen molar-refractivity contribution in [3.05, 3.63) is 23.8 Å². The highest BCUT2D eigenvalue weighted by Crippen LogP contribution is 2.26. The lowest BCUT2D eigenvalue weighted by Crippen LogP contribution is -2.09. The number of hydrogen-bond donors (Lipinski definition) is 0. The fourth-order valence-electron chi connectivity index (χ4n) is 0.886. The highest BCUT2D eigenvalue weighted by atomic mass is 19.4. The van der Waals surface area contributed by atoms with E-state index in [4.69, 9.17) is 0 Å². The van der Waals surface area contributed by atoms with Crippen molar-refractivity contribution >= 4 is 0 Å². The molecule has 0 bridgehead atoms. The Morgan fingerprint density at radius 3 is 2.31 bits per heavy atom. The first-order chi connectivity index (χ1) is 6.04. The lowest BCUT2D eigenvalue weighted by Gasteiger charge is -2.04. The van der Waals surface area contributed by atoms with E-state index < -0.39 is 11.9 Å². The highest BCUT2D eigenvalue weighted by molar-refractivity contribution is 5.05. The highest BCUT2D eigenvalue weighted by Gasteiger charge is 2.32. The molecule has 0 saturated heterocycles. The number of halogens is 3. The summed E-state index contributed by atoms with van der Waals surface area (Å²) in [6.45, 7) is 1.93. The molecule has 0 aliphatic heterocycles. The topological polar surface area (TPSA) is 25.8 Å². The fraction of sp³-hybridized carbons (Fsp3) is 0.500. The van der Waals surface area contributed by atoms with Gasteiger partial charge in [-0.15, -0.1) is 0 Å². The molecule has 0 aliphatic carbocycles. The minimum atomic E-state index is -4.39. The zero-order chi connectivity index (χ0) is 9.90. The van der Waals surface area contributed by atoms with Crippen molar-refractivity contribution in [2.75, 3.05) is 0 Å². The first-order valence-electron chi connectivity index (χ1n) is 3.92. The van der Waals surface area contributed by atoms with Gasteiger partial charge in [-0.2, -0.15) is 13.2 Å². The number of aryl methyl sites for hydroxylation is 1. The summed E-state index contributed by atoms with van der Waals surface area (Å²) < 4.78 is 36.0. The predicted molar refractivity (Wildman–Crippen MR) is 41.0 cm³/mol. The molecule has 1 aromatic heterocycles. The van der Waals surface area contributed by atoms with Gasteiger partial charge in [0, 0.05) is 6.20 Å². The summed E-state index contributed by atoms with van der Waals surface area (Å²) in [7, 11) is 0. The van der Waals surface area contributed by atoms with Crippen LogP contribution in [0.25, 0.3) is 0 Å². The van der Waals surface area contributed by atoms with Crippen LogP contribution in [-0.2, 0) is 12.6 Å². The molecule has 1 rings (SSSR count). The van der Waals surface area contributed by atoms with Crippen molar-refractivity contribution in [1.29, 1.82) is 0 Å². The van der Waals surface area contributed by atoms with Crippen LogP contribution in [0.2, 0.25) is 0 Å². The summed E-state index contributed by atoms with van der Waals surface area (Å²) in [6, 6.07) is 0. The summed E-state index contributed by atoms with van der Waals surface area (Å²) in [5.41, 5.74) is -0.345. The lowest BCUT2D eigenvalue weighted by atomic mass is 10.2. The fourth-order valence-corrected chi connectivity index (χ4v) is 0.886. The summed E-state index contributed by atoms with van der Waals surface area (Å²) in [4.78, 5) is 6.93. The van der Waals surface area contributed by atoms with Crippen LogP contribution in [0, 0.1) is 0 Å². The van der Waals surface area contributed by atoms with Crippen LogP contribution in [0.1, 0.15) is 24.7 Å². The minimum Gasteiger partial charge on any atom is -0.257 e. The lowest BCUT2D eigenvalue weighted by molar-refractivity contribution is -0.141. The third-order valence-electron chi connectivity index (χ3n) is 1.50. The number of hydrogen-bond acceptors (Lipinski definition) is 2. The van der Waals surface area contributed by atoms with E-state index in [1.165, 1.54) is 6.20 Å². The van der Waals surface area contributed by atoms with E-state index in [1.807, 2.05) is 6.92 Å². The zero-order valence-electron chi connectivity index (χ0n) is 7.10. The Kier molecular flexibility index (Phi) is 2.85. The van der Waals surface area contributed by atoms with Crippen LogP contribution in [0.5, 0.6) is 0 Å². The van der Waals surface area contributed by atoms with E-state index in [-0.39, 0.29) is 0 Å². The number of nitrogens with zero attached hydrogens (tertiary/aromatic N) is 2. The molecule has 13 heavy (non-hydrogen) atoms. The molecule has 0 unspecified atom stereocenters. The van der Waals surface area contributed by atoms with E-state index in [2.05, 4.69) is 9.97 Å². The third kappa shape index (κ3) is 2.68. The molecule has 1 heterocycles. The van der Waals surface area contributed by atoms with Crippen LogP contribution in [-0.4, -0.2) is 9.97 Å². The number of aromatic nitrogens is 2. The van der Waals surface area contributed by atoms with Gasteiger partial charge in [-0.25, -0.2) is 4.98 Å². The second-order valence-electron chi connectivity index (χ2n) is 2.64. The maximum Gasteiger partial charge on any atom is 0.434 e. The van der Waals surface area contributed by atoms with Crippen LogP contribution in [0.3, 0.4) is 0 Å². The van der Waals surface area contributed by atoms with E-state index in [1.54, 1.807) is 0 Å². The molecule has 0 aliphatic rings. The summed E-state index contributed by atoms with van der Waals surface area (Å²) in [5, 5.41) is 0. The quantitative estimate of drug-likeness (QED) is 0.715. The minimum absolute atomic E-state index is 0.593. The van der Waals surface area contributed by atoms with Gasteiger partial charge in [0.05, 0.1) is 11.9 Å². The summed E-state index contributed by atoms with van der Waals surface area (Å²) >= 11 is 0. The van der Waals surface area contributed by atoms with Crippen molar-refractivity contribution < 1.29 is 13.2 Å². The first kappa shape index (κ1) is 9.95. The number of rotatable bonds is 2. The molecule has 0 fully saturated rings. The van der Waals surface area contributed by atoms with Gasteiger partial charge >= 0.3 is 6.18 Å². The van der Waals surface area contributed by atoms with Gasteiger partial charge in [0.1, 0.15) is 0 Å². The van der Waals surface area contributed by atoms with Crippen LogP contribution < -0.4 is 0 Å². The van der Waals surface area contributed by atoms with Crippen molar-refractivity contribution in [1.82, 2.24) is 9.97 Å². The third-order valence-corrected chi connectivity index (χ3v) is 1.50. The maximum absolute atomic E-state index is 12.0. The number of alkyl halides is 3. The largest absolute Gasteiger partial charge is 0.434 e. The Labute approximate surface area is 73.8 Å². The SMILES string of the molecule is CCCc1cnc(C(F)(F)F)cn1. The molecule has 5 heteroatoms. The molecule has 0 radical (unpaired) electrons. The normalized spacial score (nSPS) is 11.7. The van der Waals surface area contributed by atoms with E-state index in [0.29, 0.717) is 12.1 Å². The standard InChI is InChI=1S/C8H9F3N2/c1-2-3-6-4-13-7(5-12-6)8(9,10)11/h4-5H,2-3H2,1H3. The first-order valence-corrected chi connectivity index (χ1v) is 3.92. The van der Waals surface area contributed by atoms with Crippen molar-refractivity contribution in [2.24, 2.45) is 0 Å². The summed E-state index contributed by atoms with van der Waals surface area (Å²) in [6.07, 6.45) is -0.944. The second kappa shape index (κ2) is 3.72. The Balaban J connectivity index is 2.81. The Morgan fingerprint density at radius 2 is 1.92 bits per heavy atom. The van der Waals surface area contributed by atoms with Crippen LogP contribution in [0.15, 0.2) is 12.4 Å². The predicted octanol–water partition coefficient (Wildman–Crippen LogP) is 2.45. The van der Waals surface area contributed by atoms with Crippen LogP contribution in [0.4, 0.5) is 13.2 Å². The average molecular weight is 190 g/mol. The van der Waals surface area contributed by atoms with Crippen molar-refractivity contribution in [3.63, 3.8) is 0 Å². The maximum atomic E-state index is 12.0. The molecule has 0 amide bonds. The van der Waals surface area contributed by atoms with E-state index in [0.717, 1.165) is 12.6 Å². The van der Waals surface area contributed by atoms with Crippen molar-refractivity contribution in [3.8, 4) is 0 Å². The molecule has 1 aromatic rings. The molecule has 2 nitrogen and oxygen atoms in total. The van der Waals surface area contributed by atoms with Gasteiger partial charge in [-0.3, -0.25) is 4.98 Å². The molecule has 0 aromatic carbocycles.